The molecule has 0 spiro atoms. The topological polar surface area (TPSA) is 27.7 Å². The molecule has 2 aromatic carbocycles. The third kappa shape index (κ3) is 6.72. The molecule has 0 fully saturated rings. The SMILES string of the molecule is CCOC(C)Cc1cccc(OCCOc2ccc(C(C)(C)C)cc2)c1. The molecule has 0 aliphatic carbocycles. The van der Waals surface area contributed by atoms with Gasteiger partial charge in [0.1, 0.15) is 24.7 Å². The van der Waals surface area contributed by atoms with Crippen molar-refractivity contribution in [1.29, 1.82) is 0 Å². The van der Waals surface area contributed by atoms with Crippen LogP contribution in [0.1, 0.15) is 45.7 Å². The van der Waals surface area contributed by atoms with Crippen molar-refractivity contribution >= 4 is 0 Å². The van der Waals surface area contributed by atoms with E-state index in [1.165, 1.54) is 11.1 Å². The quantitative estimate of drug-likeness (QED) is 0.562. The molecule has 0 aromatic heterocycles. The van der Waals surface area contributed by atoms with E-state index in [-0.39, 0.29) is 11.5 Å². The average molecular weight is 357 g/mol. The Morgan fingerprint density at radius 1 is 0.885 bits per heavy atom. The summed E-state index contributed by atoms with van der Waals surface area (Å²) in [6.45, 7) is 12.5. The van der Waals surface area contributed by atoms with Gasteiger partial charge < -0.3 is 14.2 Å². The zero-order valence-electron chi connectivity index (χ0n) is 16.7. The lowest BCUT2D eigenvalue weighted by atomic mass is 9.87. The van der Waals surface area contributed by atoms with Gasteiger partial charge in [0.05, 0.1) is 6.10 Å². The summed E-state index contributed by atoms with van der Waals surface area (Å²) in [5.74, 6) is 1.75. The molecule has 0 radical (unpaired) electrons. The maximum Gasteiger partial charge on any atom is 0.122 e. The molecule has 2 aromatic rings. The molecule has 1 atom stereocenters. The van der Waals surface area contributed by atoms with Crippen molar-refractivity contribution in [1.82, 2.24) is 0 Å². The summed E-state index contributed by atoms with van der Waals surface area (Å²) < 4.78 is 17.2. The fourth-order valence-corrected chi connectivity index (χ4v) is 2.81. The molecule has 3 nitrogen and oxygen atoms in total. The number of benzene rings is 2. The lowest BCUT2D eigenvalue weighted by Gasteiger charge is -2.19. The Hall–Kier alpha value is -2.00. The first-order valence-electron chi connectivity index (χ1n) is 9.45. The largest absolute Gasteiger partial charge is 0.490 e. The highest BCUT2D eigenvalue weighted by atomic mass is 16.5. The minimum atomic E-state index is 0.159. The van der Waals surface area contributed by atoms with E-state index in [9.17, 15) is 0 Å². The van der Waals surface area contributed by atoms with Gasteiger partial charge in [-0.05, 0) is 61.1 Å². The first-order valence-corrected chi connectivity index (χ1v) is 9.45. The van der Waals surface area contributed by atoms with E-state index in [1.807, 2.05) is 31.2 Å². The van der Waals surface area contributed by atoms with Crippen LogP contribution < -0.4 is 9.47 Å². The van der Waals surface area contributed by atoms with Crippen molar-refractivity contribution < 1.29 is 14.2 Å². The van der Waals surface area contributed by atoms with Crippen LogP contribution in [0.15, 0.2) is 48.5 Å². The van der Waals surface area contributed by atoms with Crippen molar-refractivity contribution in [2.75, 3.05) is 19.8 Å². The molecular weight excluding hydrogens is 324 g/mol. The fourth-order valence-electron chi connectivity index (χ4n) is 2.81. The highest BCUT2D eigenvalue weighted by Gasteiger charge is 2.12. The van der Waals surface area contributed by atoms with Crippen LogP contribution >= 0.6 is 0 Å². The lowest BCUT2D eigenvalue weighted by molar-refractivity contribution is 0.0768. The van der Waals surface area contributed by atoms with Crippen LogP contribution in [0, 0.1) is 0 Å². The molecular formula is C23H32O3. The third-order valence-corrected chi connectivity index (χ3v) is 4.21. The van der Waals surface area contributed by atoms with Crippen LogP contribution in [0.4, 0.5) is 0 Å². The van der Waals surface area contributed by atoms with E-state index in [0.29, 0.717) is 13.2 Å². The standard InChI is InChI=1S/C23H32O3/c1-6-24-18(2)16-19-8-7-9-22(17-19)26-15-14-25-21-12-10-20(11-13-21)23(3,4)5/h7-13,17-18H,6,14-16H2,1-5H3. The molecule has 0 amide bonds. The Balaban J connectivity index is 1.77. The van der Waals surface area contributed by atoms with E-state index in [2.05, 4.69) is 52.0 Å². The van der Waals surface area contributed by atoms with Crippen LogP contribution in [0.5, 0.6) is 11.5 Å². The number of hydrogen-bond acceptors (Lipinski definition) is 3. The van der Waals surface area contributed by atoms with E-state index in [4.69, 9.17) is 14.2 Å². The number of ether oxygens (including phenoxy) is 3. The molecule has 3 heteroatoms. The van der Waals surface area contributed by atoms with Gasteiger partial charge in [-0.15, -0.1) is 0 Å². The fraction of sp³-hybridized carbons (Fsp3) is 0.478. The van der Waals surface area contributed by atoms with Crippen LogP contribution in [0.2, 0.25) is 0 Å². The Labute approximate surface area is 158 Å². The van der Waals surface area contributed by atoms with E-state index < -0.39 is 0 Å². The predicted molar refractivity (Wildman–Crippen MR) is 107 cm³/mol. The molecule has 142 valence electrons. The van der Waals surface area contributed by atoms with E-state index in [1.54, 1.807) is 0 Å². The van der Waals surface area contributed by atoms with Gasteiger partial charge in [-0.2, -0.15) is 0 Å². The van der Waals surface area contributed by atoms with Gasteiger partial charge in [0.15, 0.2) is 0 Å². The summed E-state index contributed by atoms with van der Waals surface area (Å²) >= 11 is 0. The molecule has 26 heavy (non-hydrogen) atoms. The van der Waals surface area contributed by atoms with Gasteiger partial charge in [-0.1, -0.05) is 45.0 Å². The molecule has 1 unspecified atom stereocenters. The van der Waals surface area contributed by atoms with Gasteiger partial charge in [0.2, 0.25) is 0 Å². The van der Waals surface area contributed by atoms with Gasteiger partial charge in [-0.25, -0.2) is 0 Å². The Morgan fingerprint density at radius 3 is 2.15 bits per heavy atom. The zero-order chi connectivity index (χ0) is 19.0. The number of hydrogen-bond donors (Lipinski definition) is 0. The van der Waals surface area contributed by atoms with Gasteiger partial charge >= 0.3 is 0 Å². The average Bonchev–Trinajstić information content (AvgIpc) is 2.59. The summed E-state index contributed by atoms with van der Waals surface area (Å²) in [6.07, 6.45) is 1.11. The summed E-state index contributed by atoms with van der Waals surface area (Å²) in [7, 11) is 0. The molecule has 0 saturated carbocycles. The van der Waals surface area contributed by atoms with E-state index in [0.717, 1.165) is 24.5 Å². The predicted octanol–water partition coefficient (Wildman–Crippen LogP) is 5.41. The van der Waals surface area contributed by atoms with Crippen molar-refractivity contribution in [2.45, 2.75) is 52.6 Å². The molecule has 0 N–H and O–H groups in total. The first kappa shape index (κ1) is 20.3. The molecule has 2 rings (SSSR count). The Morgan fingerprint density at radius 2 is 1.54 bits per heavy atom. The minimum absolute atomic E-state index is 0.159. The summed E-state index contributed by atoms with van der Waals surface area (Å²) in [6, 6.07) is 16.5. The van der Waals surface area contributed by atoms with Crippen LogP contribution in [-0.4, -0.2) is 25.9 Å². The van der Waals surface area contributed by atoms with Crippen LogP contribution in [0.25, 0.3) is 0 Å². The summed E-state index contributed by atoms with van der Waals surface area (Å²) in [5, 5.41) is 0. The van der Waals surface area contributed by atoms with Crippen LogP contribution in [-0.2, 0) is 16.6 Å². The normalized spacial score (nSPS) is 12.7. The first-order chi connectivity index (χ1) is 12.4. The summed E-state index contributed by atoms with van der Waals surface area (Å²) in [4.78, 5) is 0. The second kappa shape index (κ2) is 9.63. The number of rotatable bonds is 9. The molecule has 0 bridgehead atoms. The smallest absolute Gasteiger partial charge is 0.122 e. The zero-order valence-corrected chi connectivity index (χ0v) is 16.7. The van der Waals surface area contributed by atoms with Crippen molar-refractivity contribution in [2.24, 2.45) is 0 Å². The Kier molecular flexibility index (Phi) is 7.52. The summed E-state index contributed by atoms with van der Waals surface area (Å²) in [5.41, 5.74) is 2.69. The van der Waals surface area contributed by atoms with Crippen molar-refractivity contribution in [3.63, 3.8) is 0 Å². The van der Waals surface area contributed by atoms with Gasteiger partial charge in [-0.3, -0.25) is 0 Å². The van der Waals surface area contributed by atoms with Gasteiger partial charge in [0.25, 0.3) is 0 Å². The Bertz CT molecular complexity index is 656. The monoisotopic (exact) mass is 356 g/mol. The lowest BCUT2D eigenvalue weighted by Crippen LogP contribution is -2.12. The second-order valence-electron chi connectivity index (χ2n) is 7.59. The highest BCUT2D eigenvalue weighted by Crippen LogP contribution is 2.24. The van der Waals surface area contributed by atoms with E-state index >= 15 is 0 Å². The molecule has 0 saturated heterocycles. The van der Waals surface area contributed by atoms with Crippen molar-refractivity contribution in [3.05, 3.63) is 59.7 Å². The molecule has 0 aliphatic heterocycles. The van der Waals surface area contributed by atoms with Gasteiger partial charge in [0, 0.05) is 6.61 Å². The third-order valence-electron chi connectivity index (χ3n) is 4.21. The van der Waals surface area contributed by atoms with Crippen molar-refractivity contribution in [3.8, 4) is 11.5 Å². The second-order valence-corrected chi connectivity index (χ2v) is 7.59. The highest BCUT2D eigenvalue weighted by molar-refractivity contribution is 5.31. The maximum absolute atomic E-state index is 5.82. The maximum atomic E-state index is 5.82. The minimum Gasteiger partial charge on any atom is -0.490 e. The molecule has 0 aliphatic rings. The molecule has 0 heterocycles. The van der Waals surface area contributed by atoms with Crippen LogP contribution in [0.3, 0.4) is 0 Å².